The molecule has 0 spiro atoms. The van der Waals surface area contributed by atoms with Crippen molar-refractivity contribution in [3.8, 4) is 11.1 Å². The Bertz CT molecular complexity index is 955. The Morgan fingerprint density at radius 3 is 2.40 bits per heavy atom. The largest absolute Gasteiger partial charge is 0.478 e. The van der Waals surface area contributed by atoms with E-state index in [2.05, 4.69) is 0 Å². The van der Waals surface area contributed by atoms with E-state index in [1.165, 1.54) is 24.4 Å². The molecule has 6 heteroatoms. The Morgan fingerprint density at radius 1 is 1.12 bits per heavy atom. The van der Waals surface area contributed by atoms with Crippen molar-refractivity contribution >= 4 is 16.9 Å². The first-order chi connectivity index (χ1) is 11.7. The molecule has 1 aromatic heterocycles. The van der Waals surface area contributed by atoms with E-state index in [-0.39, 0.29) is 17.2 Å². The number of fused-ring (bicyclic) bond motifs is 1. The SMILES string of the molecule is CC(C)n1cc(C(=O)O)c2ccc(-c3ccccc3C(F)(F)F)cc21. The summed E-state index contributed by atoms with van der Waals surface area (Å²) in [6.45, 7) is 3.78. The Balaban J connectivity index is 2.27. The number of carboxylic acid groups (broad SMARTS) is 1. The summed E-state index contributed by atoms with van der Waals surface area (Å²) >= 11 is 0. The number of hydrogen-bond acceptors (Lipinski definition) is 1. The van der Waals surface area contributed by atoms with Crippen LogP contribution in [0.1, 0.15) is 35.8 Å². The van der Waals surface area contributed by atoms with Crippen molar-refractivity contribution in [2.45, 2.75) is 26.1 Å². The molecule has 0 atom stereocenters. The molecule has 3 rings (SSSR count). The van der Waals surface area contributed by atoms with Crippen molar-refractivity contribution in [1.29, 1.82) is 0 Å². The molecule has 0 unspecified atom stereocenters. The molecule has 0 saturated carbocycles. The number of aromatic carboxylic acids is 1. The van der Waals surface area contributed by atoms with Gasteiger partial charge in [-0.2, -0.15) is 13.2 Å². The number of benzene rings is 2. The van der Waals surface area contributed by atoms with Crippen LogP contribution < -0.4 is 0 Å². The van der Waals surface area contributed by atoms with Gasteiger partial charge in [0.1, 0.15) is 0 Å². The fraction of sp³-hybridized carbons (Fsp3) is 0.211. The van der Waals surface area contributed by atoms with E-state index in [1.54, 1.807) is 22.8 Å². The van der Waals surface area contributed by atoms with Crippen LogP contribution in [0.15, 0.2) is 48.7 Å². The molecule has 130 valence electrons. The summed E-state index contributed by atoms with van der Waals surface area (Å²) in [6, 6.07) is 10.1. The maximum Gasteiger partial charge on any atom is 0.417 e. The molecule has 1 N–H and O–H groups in total. The molecule has 0 bridgehead atoms. The van der Waals surface area contributed by atoms with Gasteiger partial charge in [-0.25, -0.2) is 4.79 Å². The summed E-state index contributed by atoms with van der Waals surface area (Å²) in [6.07, 6.45) is -2.94. The van der Waals surface area contributed by atoms with Crippen LogP contribution in [0.2, 0.25) is 0 Å². The fourth-order valence-corrected chi connectivity index (χ4v) is 3.00. The molecule has 0 fully saturated rings. The van der Waals surface area contributed by atoms with Gasteiger partial charge < -0.3 is 9.67 Å². The number of hydrogen-bond donors (Lipinski definition) is 1. The summed E-state index contributed by atoms with van der Waals surface area (Å²) < 4.78 is 41.6. The monoisotopic (exact) mass is 347 g/mol. The third-order valence-corrected chi connectivity index (χ3v) is 4.16. The van der Waals surface area contributed by atoms with Crippen LogP contribution in [-0.2, 0) is 6.18 Å². The van der Waals surface area contributed by atoms with E-state index in [4.69, 9.17) is 0 Å². The first-order valence-corrected chi connectivity index (χ1v) is 7.74. The zero-order valence-electron chi connectivity index (χ0n) is 13.6. The van der Waals surface area contributed by atoms with Crippen LogP contribution in [-0.4, -0.2) is 15.6 Å². The molecule has 3 nitrogen and oxygen atoms in total. The highest BCUT2D eigenvalue weighted by atomic mass is 19.4. The number of carboxylic acids is 1. The minimum atomic E-state index is -4.46. The normalized spacial score (nSPS) is 12.1. The van der Waals surface area contributed by atoms with E-state index >= 15 is 0 Å². The zero-order chi connectivity index (χ0) is 18.4. The summed E-state index contributed by atoms with van der Waals surface area (Å²) in [5.41, 5.74) is 0.499. The Labute approximate surface area is 142 Å². The van der Waals surface area contributed by atoms with Crippen molar-refractivity contribution in [3.05, 3.63) is 59.8 Å². The van der Waals surface area contributed by atoms with E-state index in [1.807, 2.05) is 13.8 Å². The molecule has 0 aliphatic rings. The molecular formula is C19H16F3NO2. The minimum absolute atomic E-state index is 0.0243. The second kappa shape index (κ2) is 5.95. The van der Waals surface area contributed by atoms with E-state index < -0.39 is 17.7 Å². The van der Waals surface area contributed by atoms with Gasteiger partial charge in [0.15, 0.2) is 0 Å². The molecule has 25 heavy (non-hydrogen) atoms. The number of rotatable bonds is 3. The van der Waals surface area contributed by atoms with Gasteiger partial charge in [-0.15, -0.1) is 0 Å². The maximum atomic E-state index is 13.3. The standard InChI is InChI=1S/C19H16F3NO2/c1-11(2)23-10-15(18(24)25)14-8-7-12(9-17(14)23)13-5-3-4-6-16(13)19(20,21)22/h3-11H,1-2H3,(H,24,25). The van der Waals surface area contributed by atoms with Crippen molar-refractivity contribution < 1.29 is 23.1 Å². The van der Waals surface area contributed by atoms with Crippen LogP contribution in [0.3, 0.4) is 0 Å². The van der Waals surface area contributed by atoms with Gasteiger partial charge in [0, 0.05) is 23.1 Å². The van der Waals surface area contributed by atoms with Crippen molar-refractivity contribution in [3.63, 3.8) is 0 Å². The molecule has 0 amide bonds. The van der Waals surface area contributed by atoms with Crippen LogP contribution in [0.4, 0.5) is 13.2 Å². The number of aromatic nitrogens is 1. The first kappa shape index (κ1) is 17.1. The van der Waals surface area contributed by atoms with Gasteiger partial charge in [-0.3, -0.25) is 0 Å². The lowest BCUT2D eigenvalue weighted by atomic mass is 9.98. The predicted octanol–water partition coefficient (Wildman–Crippen LogP) is 5.61. The lowest BCUT2D eigenvalue weighted by Crippen LogP contribution is -2.07. The topological polar surface area (TPSA) is 42.2 Å². The number of carbonyl (C=O) groups is 1. The molecule has 0 radical (unpaired) electrons. The summed E-state index contributed by atoms with van der Waals surface area (Å²) in [4.78, 5) is 11.4. The maximum absolute atomic E-state index is 13.3. The van der Waals surface area contributed by atoms with E-state index in [0.717, 1.165) is 6.07 Å². The predicted molar refractivity (Wildman–Crippen MR) is 89.7 cm³/mol. The smallest absolute Gasteiger partial charge is 0.417 e. The second-order valence-electron chi connectivity index (χ2n) is 6.12. The van der Waals surface area contributed by atoms with Gasteiger partial charge in [0.05, 0.1) is 11.1 Å². The van der Waals surface area contributed by atoms with Crippen molar-refractivity contribution in [2.75, 3.05) is 0 Å². The van der Waals surface area contributed by atoms with Crippen LogP contribution in [0.5, 0.6) is 0 Å². The Morgan fingerprint density at radius 2 is 1.80 bits per heavy atom. The number of halogens is 3. The lowest BCUT2D eigenvalue weighted by molar-refractivity contribution is -0.137. The summed E-state index contributed by atoms with van der Waals surface area (Å²) in [5.74, 6) is -1.06. The van der Waals surface area contributed by atoms with Crippen molar-refractivity contribution in [2.24, 2.45) is 0 Å². The Kier molecular flexibility index (Phi) is 4.06. The van der Waals surface area contributed by atoms with Crippen molar-refractivity contribution in [1.82, 2.24) is 4.57 Å². The van der Waals surface area contributed by atoms with Crippen LogP contribution in [0, 0.1) is 0 Å². The molecular weight excluding hydrogens is 331 g/mol. The third-order valence-electron chi connectivity index (χ3n) is 4.16. The highest BCUT2D eigenvalue weighted by molar-refractivity contribution is 6.04. The van der Waals surface area contributed by atoms with Gasteiger partial charge in [0.25, 0.3) is 0 Å². The van der Waals surface area contributed by atoms with Gasteiger partial charge in [-0.05, 0) is 37.1 Å². The number of alkyl halides is 3. The van der Waals surface area contributed by atoms with Gasteiger partial charge >= 0.3 is 12.1 Å². The van der Waals surface area contributed by atoms with Crippen LogP contribution >= 0.6 is 0 Å². The molecule has 2 aromatic carbocycles. The average molecular weight is 347 g/mol. The molecule has 0 aliphatic heterocycles. The van der Waals surface area contributed by atoms with E-state index in [9.17, 15) is 23.1 Å². The summed E-state index contributed by atoms with van der Waals surface area (Å²) in [7, 11) is 0. The molecule has 0 saturated heterocycles. The lowest BCUT2D eigenvalue weighted by Gasteiger charge is -2.14. The molecule has 3 aromatic rings. The van der Waals surface area contributed by atoms with Gasteiger partial charge in [-0.1, -0.05) is 30.3 Å². The first-order valence-electron chi connectivity index (χ1n) is 7.74. The van der Waals surface area contributed by atoms with Gasteiger partial charge in [0.2, 0.25) is 0 Å². The summed E-state index contributed by atoms with van der Waals surface area (Å²) in [5, 5.41) is 9.86. The number of nitrogens with zero attached hydrogens (tertiary/aromatic N) is 1. The zero-order valence-corrected chi connectivity index (χ0v) is 13.6. The third kappa shape index (κ3) is 2.99. The molecule has 1 heterocycles. The minimum Gasteiger partial charge on any atom is -0.478 e. The Hall–Kier alpha value is -2.76. The highest BCUT2D eigenvalue weighted by Gasteiger charge is 2.33. The quantitative estimate of drug-likeness (QED) is 0.669. The molecule has 0 aliphatic carbocycles. The van der Waals surface area contributed by atoms with E-state index in [0.29, 0.717) is 16.5 Å². The highest BCUT2D eigenvalue weighted by Crippen LogP contribution is 2.38. The van der Waals surface area contributed by atoms with Crippen LogP contribution in [0.25, 0.3) is 22.0 Å². The second-order valence-corrected chi connectivity index (χ2v) is 6.12. The average Bonchev–Trinajstić information content (AvgIpc) is 2.93. The fourth-order valence-electron chi connectivity index (χ4n) is 3.00.